The molecule has 11 heavy (non-hydrogen) atoms. The molecule has 3 nitrogen and oxygen atoms in total. The zero-order chi connectivity index (χ0) is 9.07. The first-order valence-corrected chi connectivity index (χ1v) is 3.77. The molecule has 1 N–H and O–H groups in total. The Morgan fingerprint density at radius 1 is 1.73 bits per heavy atom. The standard InChI is InChI=1S/C8H16O3/c1-5-6(2)8(3,11-4)7(9)10/h6H,5H2,1-4H3,(H,9,10). The average molecular weight is 160 g/mol. The lowest BCUT2D eigenvalue weighted by Gasteiger charge is -2.28. The van der Waals surface area contributed by atoms with Crippen molar-refractivity contribution < 1.29 is 14.6 Å². The van der Waals surface area contributed by atoms with Crippen LogP contribution in [-0.4, -0.2) is 23.8 Å². The van der Waals surface area contributed by atoms with E-state index in [0.29, 0.717) is 0 Å². The predicted molar refractivity (Wildman–Crippen MR) is 42.5 cm³/mol. The highest BCUT2D eigenvalue weighted by Gasteiger charge is 2.37. The molecule has 0 rings (SSSR count). The van der Waals surface area contributed by atoms with E-state index in [2.05, 4.69) is 0 Å². The van der Waals surface area contributed by atoms with Gasteiger partial charge in [0.15, 0.2) is 5.60 Å². The van der Waals surface area contributed by atoms with Crippen LogP contribution in [0.1, 0.15) is 27.2 Å². The number of hydrogen-bond acceptors (Lipinski definition) is 2. The molecule has 0 saturated heterocycles. The number of methoxy groups -OCH3 is 1. The summed E-state index contributed by atoms with van der Waals surface area (Å²) in [5, 5.41) is 8.81. The number of carbonyl (C=O) groups is 1. The van der Waals surface area contributed by atoms with Gasteiger partial charge in [-0.05, 0) is 12.8 Å². The molecule has 0 saturated carbocycles. The van der Waals surface area contributed by atoms with Crippen molar-refractivity contribution in [2.24, 2.45) is 5.92 Å². The van der Waals surface area contributed by atoms with Gasteiger partial charge in [0.1, 0.15) is 0 Å². The van der Waals surface area contributed by atoms with Crippen LogP contribution in [0.15, 0.2) is 0 Å². The first-order chi connectivity index (χ1) is 4.99. The van der Waals surface area contributed by atoms with Crippen LogP contribution < -0.4 is 0 Å². The van der Waals surface area contributed by atoms with Gasteiger partial charge in [-0.3, -0.25) is 0 Å². The van der Waals surface area contributed by atoms with Crippen LogP contribution in [0.4, 0.5) is 0 Å². The number of carboxylic acids is 1. The van der Waals surface area contributed by atoms with Gasteiger partial charge in [-0.15, -0.1) is 0 Å². The summed E-state index contributed by atoms with van der Waals surface area (Å²) in [5.41, 5.74) is -1.03. The number of carboxylic acid groups (broad SMARTS) is 1. The van der Waals surface area contributed by atoms with Crippen LogP contribution in [0.2, 0.25) is 0 Å². The Morgan fingerprint density at radius 3 is 2.27 bits per heavy atom. The largest absolute Gasteiger partial charge is 0.479 e. The summed E-state index contributed by atoms with van der Waals surface area (Å²) < 4.78 is 4.95. The summed E-state index contributed by atoms with van der Waals surface area (Å²) in [4.78, 5) is 10.7. The summed E-state index contributed by atoms with van der Waals surface area (Å²) >= 11 is 0. The second kappa shape index (κ2) is 3.72. The molecule has 0 bridgehead atoms. The van der Waals surface area contributed by atoms with E-state index in [4.69, 9.17) is 9.84 Å². The Hall–Kier alpha value is -0.570. The van der Waals surface area contributed by atoms with E-state index >= 15 is 0 Å². The van der Waals surface area contributed by atoms with Gasteiger partial charge in [0.05, 0.1) is 0 Å². The van der Waals surface area contributed by atoms with Crippen LogP contribution >= 0.6 is 0 Å². The molecule has 0 amide bonds. The molecule has 0 aliphatic rings. The maximum absolute atomic E-state index is 10.7. The van der Waals surface area contributed by atoms with Crippen molar-refractivity contribution in [3.63, 3.8) is 0 Å². The fraction of sp³-hybridized carbons (Fsp3) is 0.875. The fourth-order valence-electron chi connectivity index (χ4n) is 0.889. The van der Waals surface area contributed by atoms with Crippen molar-refractivity contribution in [1.29, 1.82) is 0 Å². The van der Waals surface area contributed by atoms with Gasteiger partial charge in [-0.2, -0.15) is 0 Å². The Labute approximate surface area is 67.4 Å². The third kappa shape index (κ3) is 1.93. The molecule has 2 unspecified atom stereocenters. The normalized spacial score (nSPS) is 18.9. The van der Waals surface area contributed by atoms with Gasteiger partial charge in [-0.25, -0.2) is 4.79 Å². The molecule has 0 aromatic carbocycles. The van der Waals surface area contributed by atoms with Crippen LogP contribution in [0.3, 0.4) is 0 Å². The van der Waals surface area contributed by atoms with E-state index in [0.717, 1.165) is 6.42 Å². The van der Waals surface area contributed by atoms with Gasteiger partial charge < -0.3 is 9.84 Å². The number of aliphatic carboxylic acids is 1. The third-order valence-electron chi connectivity index (χ3n) is 2.40. The highest BCUT2D eigenvalue weighted by molar-refractivity contribution is 5.77. The lowest BCUT2D eigenvalue weighted by molar-refractivity contribution is -0.166. The molecule has 0 aromatic heterocycles. The van der Waals surface area contributed by atoms with Crippen molar-refractivity contribution >= 4 is 5.97 Å². The maximum atomic E-state index is 10.7. The number of hydrogen-bond donors (Lipinski definition) is 1. The van der Waals surface area contributed by atoms with Gasteiger partial charge in [0.25, 0.3) is 0 Å². The molecule has 0 heterocycles. The number of ether oxygens (including phenoxy) is 1. The van der Waals surface area contributed by atoms with Crippen molar-refractivity contribution in [3.8, 4) is 0 Å². The predicted octanol–water partition coefficient (Wildman–Crippen LogP) is 1.52. The van der Waals surface area contributed by atoms with E-state index < -0.39 is 11.6 Å². The maximum Gasteiger partial charge on any atom is 0.335 e. The molecular formula is C8H16O3. The van der Waals surface area contributed by atoms with Crippen molar-refractivity contribution in [2.75, 3.05) is 7.11 Å². The van der Waals surface area contributed by atoms with Crippen LogP contribution in [-0.2, 0) is 9.53 Å². The van der Waals surface area contributed by atoms with Gasteiger partial charge in [-0.1, -0.05) is 20.3 Å². The molecule has 0 spiro atoms. The van der Waals surface area contributed by atoms with E-state index in [1.807, 2.05) is 13.8 Å². The van der Waals surface area contributed by atoms with Crippen molar-refractivity contribution in [2.45, 2.75) is 32.8 Å². The van der Waals surface area contributed by atoms with Crippen molar-refractivity contribution in [1.82, 2.24) is 0 Å². The molecule has 0 aromatic rings. The average Bonchev–Trinajstić information content (AvgIpc) is 2.01. The fourth-order valence-corrected chi connectivity index (χ4v) is 0.889. The van der Waals surface area contributed by atoms with Gasteiger partial charge in [0.2, 0.25) is 0 Å². The highest BCUT2D eigenvalue weighted by Crippen LogP contribution is 2.23. The summed E-state index contributed by atoms with van der Waals surface area (Å²) in [6.07, 6.45) is 0.802. The lowest BCUT2D eigenvalue weighted by Crippen LogP contribution is -2.43. The van der Waals surface area contributed by atoms with Crippen LogP contribution in [0.5, 0.6) is 0 Å². The monoisotopic (exact) mass is 160 g/mol. The second-order valence-electron chi connectivity index (χ2n) is 2.93. The first kappa shape index (κ1) is 10.4. The zero-order valence-corrected chi connectivity index (χ0v) is 7.55. The summed E-state index contributed by atoms with van der Waals surface area (Å²) in [6, 6.07) is 0. The lowest BCUT2D eigenvalue weighted by atomic mass is 9.88. The molecule has 0 aliphatic carbocycles. The molecule has 0 fully saturated rings. The minimum atomic E-state index is -1.03. The summed E-state index contributed by atoms with van der Waals surface area (Å²) in [7, 11) is 1.43. The van der Waals surface area contributed by atoms with Crippen LogP contribution in [0, 0.1) is 5.92 Å². The second-order valence-corrected chi connectivity index (χ2v) is 2.93. The molecule has 0 radical (unpaired) electrons. The smallest absolute Gasteiger partial charge is 0.335 e. The molecule has 2 atom stereocenters. The van der Waals surface area contributed by atoms with Gasteiger partial charge >= 0.3 is 5.97 Å². The van der Waals surface area contributed by atoms with Crippen molar-refractivity contribution in [3.05, 3.63) is 0 Å². The minimum absolute atomic E-state index is 0.0324. The first-order valence-electron chi connectivity index (χ1n) is 3.77. The third-order valence-corrected chi connectivity index (χ3v) is 2.40. The molecular weight excluding hydrogens is 144 g/mol. The van der Waals surface area contributed by atoms with E-state index in [1.54, 1.807) is 6.92 Å². The van der Waals surface area contributed by atoms with E-state index in [1.165, 1.54) is 7.11 Å². The van der Waals surface area contributed by atoms with Crippen LogP contribution in [0.25, 0.3) is 0 Å². The summed E-state index contributed by atoms with van der Waals surface area (Å²) in [5.74, 6) is -0.862. The number of rotatable bonds is 4. The Morgan fingerprint density at radius 2 is 2.18 bits per heavy atom. The topological polar surface area (TPSA) is 46.5 Å². The minimum Gasteiger partial charge on any atom is -0.479 e. The Kier molecular flexibility index (Phi) is 3.52. The Balaban J connectivity index is 4.45. The Bertz CT molecular complexity index is 144. The molecule has 3 heteroatoms. The van der Waals surface area contributed by atoms with E-state index in [-0.39, 0.29) is 5.92 Å². The zero-order valence-electron chi connectivity index (χ0n) is 7.55. The molecule has 66 valence electrons. The molecule has 0 aliphatic heterocycles. The highest BCUT2D eigenvalue weighted by atomic mass is 16.5. The van der Waals surface area contributed by atoms with Gasteiger partial charge in [0, 0.05) is 7.11 Å². The quantitative estimate of drug-likeness (QED) is 0.678. The summed E-state index contributed by atoms with van der Waals surface area (Å²) in [6.45, 7) is 5.42. The van der Waals surface area contributed by atoms with E-state index in [9.17, 15) is 4.79 Å². The SMILES string of the molecule is CCC(C)C(C)(OC)C(=O)O.